The second kappa shape index (κ2) is 6.21. The lowest BCUT2D eigenvalue weighted by molar-refractivity contribution is 0.612. The molecule has 2 heterocycles. The SMILES string of the molecule is CCNCc1cc(F)cnc1N1CCSCC1. The molecule has 17 heavy (non-hydrogen) atoms. The molecule has 1 aliphatic rings. The number of thioether (sulfide) groups is 1. The van der Waals surface area contributed by atoms with Crippen LogP contribution in [0.5, 0.6) is 0 Å². The molecule has 1 saturated heterocycles. The molecule has 94 valence electrons. The molecule has 0 saturated carbocycles. The molecule has 1 aliphatic heterocycles. The largest absolute Gasteiger partial charge is 0.355 e. The molecule has 2 rings (SSSR count). The summed E-state index contributed by atoms with van der Waals surface area (Å²) in [5.41, 5.74) is 0.957. The third-order valence-corrected chi connectivity index (χ3v) is 3.73. The van der Waals surface area contributed by atoms with Gasteiger partial charge < -0.3 is 10.2 Å². The number of rotatable bonds is 4. The number of hydrogen-bond donors (Lipinski definition) is 1. The van der Waals surface area contributed by atoms with E-state index < -0.39 is 0 Å². The van der Waals surface area contributed by atoms with Gasteiger partial charge in [-0.15, -0.1) is 0 Å². The van der Waals surface area contributed by atoms with E-state index in [0.717, 1.165) is 42.5 Å². The van der Waals surface area contributed by atoms with Gasteiger partial charge in [0.25, 0.3) is 0 Å². The normalized spacial score (nSPS) is 16.2. The minimum Gasteiger partial charge on any atom is -0.355 e. The van der Waals surface area contributed by atoms with Crippen LogP contribution in [0.3, 0.4) is 0 Å². The van der Waals surface area contributed by atoms with Gasteiger partial charge in [0, 0.05) is 36.7 Å². The molecule has 1 N–H and O–H groups in total. The molecule has 0 bridgehead atoms. The quantitative estimate of drug-likeness (QED) is 0.889. The fourth-order valence-electron chi connectivity index (χ4n) is 1.92. The number of hydrogen-bond acceptors (Lipinski definition) is 4. The van der Waals surface area contributed by atoms with Crippen molar-refractivity contribution in [3.05, 3.63) is 23.6 Å². The van der Waals surface area contributed by atoms with E-state index in [2.05, 4.69) is 15.2 Å². The van der Waals surface area contributed by atoms with Crippen molar-refractivity contribution < 1.29 is 4.39 Å². The van der Waals surface area contributed by atoms with Crippen molar-refractivity contribution in [3.63, 3.8) is 0 Å². The average Bonchev–Trinajstić information content (AvgIpc) is 2.37. The molecule has 1 aromatic heterocycles. The average molecular weight is 255 g/mol. The van der Waals surface area contributed by atoms with Gasteiger partial charge in [-0.1, -0.05) is 6.92 Å². The fraction of sp³-hybridized carbons (Fsp3) is 0.583. The van der Waals surface area contributed by atoms with E-state index in [4.69, 9.17) is 0 Å². The Morgan fingerprint density at radius 1 is 1.47 bits per heavy atom. The van der Waals surface area contributed by atoms with Crippen LogP contribution < -0.4 is 10.2 Å². The predicted molar refractivity (Wildman–Crippen MR) is 71.1 cm³/mol. The van der Waals surface area contributed by atoms with Crippen molar-refractivity contribution >= 4 is 17.6 Å². The van der Waals surface area contributed by atoms with Crippen LogP contribution in [0.15, 0.2) is 12.3 Å². The van der Waals surface area contributed by atoms with Crippen LogP contribution in [-0.2, 0) is 6.54 Å². The first-order valence-corrected chi connectivity index (χ1v) is 7.14. The molecule has 0 atom stereocenters. The number of nitrogens with zero attached hydrogens (tertiary/aromatic N) is 2. The summed E-state index contributed by atoms with van der Waals surface area (Å²) in [4.78, 5) is 6.51. The van der Waals surface area contributed by atoms with Crippen molar-refractivity contribution in [1.29, 1.82) is 0 Å². The van der Waals surface area contributed by atoms with Crippen LogP contribution >= 0.6 is 11.8 Å². The number of anilines is 1. The van der Waals surface area contributed by atoms with Crippen LogP contribution in [0.25, 0.3) is 0 Å². The van der Waals surface area contributed by atoms with Crippen molar-refractivity contribution in [3.8, 4) is 0 Å². The zero-order valence-electron chi connectivity index (χ0n) is 10.1. The van der Waals surface area contributed by atoms with Crippen LogP contribution in [0.2, 0.25) is 0 Å². The topological polar surface area (TPSA) is 28.2 Å². The van der Waals surface area contributed by atoms with Crippen molar-refractivity contribution in [2.75, 3.05) is 36.0 Å². The molecule has 1 fully saturated rings. The second-order valence-electron chi connectivity index (χ2n) is 4.02. The summed E-state index contributed by atoms with van der Waals surface area (Å²) in [6, 6.07) is 1.59. The molecule has 0 radical (unpaired) electrons. The van der Waals surface area contributed by atoms with Gasteiger partial charge in [0.15, 0.2) is 0 Å². The van der Waals surface area contributed by atoms with Crippen LogP contribution in [0.4, 0.5) is 10.2 Å². The highest BCUT2D eigenvalue weighted by molar-refractivity contribution is 7.99. The number of halogens is 1. The lowest BCUT2D eigenvalue weighted by atomic mass is 10.2. The summed E-state index contributed by atoms with van der Waals surface area (Å²) >= 11 is 1.96. The summed E-state index contributed by atoms with van der Waals surface area (Å²) in [6.07, 6.45) is 1.31. The zero-order chi connectivity index (χ0) is 12.1. The first-order valence-electron chi connectivity index (χ1n) is 5.99. The lowest BCUT2D eigenvalue weighted by Crippen LogP contribution is -2.34. The zero-order valence-corrected chi connectivity index (χ0v) is 10.9. The first kappa shape index (κ1) is 12.6. The Morgan fingerprint density at radius 3 is 2.94 bits per heavy atom. The molecule has 0 aromatic carbocycles. The van der Waals surface area contributed by atoms with E-state index in [0.29, 0.717) is 6.54 Å². The number of nitrogens with one attached hydrogen (secondary N) is 1. The maximum absolute atomic E-state index is 13.2. The maximum atomic E-state index is 13.2. The summed E-state index contributed by atoms with van der Waals surface area (Å²) in [5.74, 6) is 2.93. The predicted octanol–water partition coefficient (Wildman–Crippen LogP) is 1.88. The Morgan fingerprint density at radius 2 is 2.24 bits per heavy atom. The van der Waals surface area contributed by atoms with Gasteiger partial charge in [0.2, 0.25) is 0 Å². The van der Waals surface area contributed by atoms with Gasteiger partial charge in [-0.05, 0) is 12.6 Å². The maximum Gasteiger partial charge on any atom is 0.141 e. The minimum atomic E-state index is -0.256. The second-order valence-corrected chi connectivity index (χ2v) is 5.24. The lowest BCUT2D eigenvalue weighted by Gasteiger charge is -2.29. The van der Waals surface area contributed by atoms with Crippen LogP contribution in [0.1, 0.15) is 12.5 Å². The molecule has 0 unspecified atom stereocenters. The highest BCUT2D eigenvalue weighted by Gasteiger charge is 2.16. The Bertz CT molecular complexity index is 367. The number of aromatic nitrogens is 1. The van der Waals surface area contributed by atoms with Gasteiger partial charge in [0.05, 0.1) is 6.20 Å². The van der Waals surface area contributed by atoms with Crippen molar-refractivity contribution in [2.45, 2.75) is 13.5 Å². The summed E-state index contributed by atoms with van der Waals surface area (Å²) in [7, 11) is 0. The van der Waals surface area contributed by atoms with Gasteiger partial charge >= 0.3 is 0 Å². The van der Waals surface area contributed by atoms with Gasteiger partial charge in [-0.2, -0.15) is 11.8 Å². The standard InChI is InChI=1S/C12H18FN3S/c1-2-14-8-10-7-11(13)9-15-12(10)16-3-5-17-6-4-16/h7,9,14H,2-6,8H2,1H3. The molecule has 5 heteroatoms. The molecule has 3 nitrogen and oxygen atoms in total. The summed E-state index contributed by atoms with van der Waals surface area (Å²) < 4.78 is 13.2. The van der Waals surface area contributed by atoms with Crippen LogP contribution in [-0.4, -0.2) is 36.1 Å². The van der Waals surface area contributed by atoms with E-state index >= 15 is 0 Å². The third-order valence-electron chi connectivity index (χ3n) is 2.79. The smallest absolute Gasteiger partial charge is 0.141 e. The highest BCUT2D eigenvalue weighted by atomic mass is 32.2. The Labute approximate surface area is 106 Å². The van der Waals surface area contributed by atoms with Crippen molar-refractivity contribution in [2.24, 2.45) is 0 Å². The van der Waals surface area contributed by atoms with Gasteiger partial charge in [-0.3, -0.25) is 0 Å². The monoisotopic (exact) mass is 255 g/mol. The summed E-state index contributed by atoms with van der Waals surface area (Å²) in [5, 5.41) is 3.23. The van der Waals surface area contributed by atoms with E-state index in [1.54, 1.807) is 6.07 Å². The van der Waals surface area contributed by atoms with E-state index in [1.165, 1.54) is 6.20 Å². The van der Waals surface area contributed by atoms with Crippen molar-refractivity contribution in [1.82, 2.24) is 10.3 Å². The van der Waals surface area contributed by atoms with Gasteiger partial charge in [0.1, 0.15) is 11.6 Å². The fourth-order valence-corrected chi connectivity index (χ4v) is 2.83. The van der Waals surface area contributed by atoms with E-state index in [-0.39, 0.29) is 5.82 Å². The van der Waals surface area contributed by atoms with Gasteiger partial charge in [-0.25, -0.2) is 9.37 Å². The Balaban J connectivity index is 2.18. The Kier molecular flexibility index (Phi) is 4.62. The third kappa shape index (κ3) is 3.33. The van der Waals surface area contributed by atoms with E-state index in [9.17, 15) is 4.39 Å². The first-order chi connectivity index (χ1) is 8.31. The highest BCUT2D eigenvalue weighted by Crippen LogP contribution is 2.22. The molecule has 1 aromatic rings. The van der Waals surface area contributed by atoms with Crippen LogP contribution in [0, 0.1) is 5.82 Å². The summed E-state index contributed by atoms with van der Waals surface area (Å²) in [6.45, 7) is 5.61. The minimum absolute atomic E-state index is 0.256. The molecular formula is C12H18FN3S. The van der Waals surface area contributed by atoms with E-state index in [1.807, 2.05) is 18.7 Å². The number of pyridine rings is 1. The molecule has 0 spiro atoms. The molecule has 0 aliphatic carbocycles. The molecular weight excluding hydrogens is 237 g/mol. The molecule has 0 amide bonds. The Hall–Kier alpha value is -0.810.